The first kappa shape index (κ1) is 13.1. The van der Waals surface area contributed by atoms with E-state index in [1.807, 2.05) is 5.38 Å². The molecule has 0 aromatic carbocycles. The summed E-state index contributed by atoms with van der Waals surface area (Å²) in [5.74, 6) is 0.0442. The maximum absolute atomic E-state index is 11.5. The number of thiazole rings is 1. The van der Waals surface area contributed by atoms with Gasteiger partial charge in [0.2, 0.25) is 5.91 Å². The second kappa shape index (κ2) is 7.35. The number of hydrogen-bond acceptors (Lipinski definition) is 4. The lowest BCUT2D eigenvalue weighted by molar-refractivity contribution is -0.120. The number of nitrogens with zero attached hydrogens (tertiary/aromatic N) is 1. The number of aromatic nitrogens is 1. The molecule has 0 aliphatic carbocycles. The van der Waals surface area contributed by atoms with Crippen molar-refractivity contribution in [3.05, 3.63) is 16.1 Å². The lowest BCUT2D eigenvalue weighted by atomic mass is 10.3. The van der Waals surface area contributed by atoms with Crippen molar-refractivity contribution < 1.29 is 9.53 Å². The monoisotopic (exact) mass is 242 g/mol. The van der Waals surface area contributed by atoms with E-state index in [2.05, 4.69) is 17.2 Å². The first-order chi connectivity index (χ1) is 7.76. The predicted octanol–water partition coefficient (Wildman–Crippen LogP) is 1.75. The molecular weight excluding hydrogens is 224 g/mol. The summed E-state index contributed by atoms with van der Waals surface area (Å²) in [6.45, 7) is 3.37. The molecule has 0 aliphatic heterocycles. The van der Waals surface area contributed by atoms with Crippen molar-refractivity contribution in [1.82, 2.24) is 10.3 Å². The molecule has 1 heterocycles. The molecule has 0 atom stereocenters. The maximum atomic E-state index is 11.5. The summed E-state index contributed by atoms with van der Waals surface area (Å²) in [6, 6.07) is 0. The van der Waals surface area contributed by atoms with Crippen LogP contribution < -0.4 is 5.32 Å². The average molecular weight is 242 g/mol. The minimum Gasteiger partial charge on any atom is -0.378 e. The fourth-order valence-electron chi connectivity index (χ4n) is 1.25. The Morgan fingerprint density at radius 1 is 1.62 bits per heavy atom. The van der Waals surface area contributed by atoms with Crippen molar-refractivity contribution in [2.45, 2.75) is 32.8 Å². The maximum Gasteiger partial charge on any atom is 0.226 e. The molecule has 0 aliphatic rings. The van der Waals surface area contributed by atoms with Crippen molar-refractivity contribution in [2.75, 3.05) is 13.7 Å². The van der Waals surface area contributed by atoms with Gasteiger partial charge in [0.25, 0.3) is 0 Å². The van der Waals surface area contributed by atoms with Crippen LogP contribution >= 0.6 is 11.3 Å². The van der Waals surface area contributed by atoms with Gasteiger partial charge in [-0.1, -0.05) is 13.3 Å². The highest BCUT2D eigenvalue weighted by Gasteiger charge is 2.06. The highest BCUT2D eigenvalue weighted by Crippen LogP contribution is 2.10. The Morgan fingerprint density at radius 2 is 2.44 bits per heavy atom. The molecule has 1 aromatic rings. The summed E-state index contributed by atoms with van der Waals surface area (Å²) in [5, 5.41) is 5.69. The standard InChI is InChI=1S/C11H18N2O2S/c1-3-4-5-12-10(14)6-9-8-16-11(13-9)7-15-2/h8H,3-7H2,1-2H3,(H,12,14). The molecule has 0 bridgehead atoms. The molecular formula is C11H18N2O2S. The molecule has 0 spiro atoms. The van der Waals surface area contributed by atoms with Gasteiger partial charge >= 0.3 is 0 Å². The van der Waals surface area contributed by atoms with Gasteiger partial charge in [0, 0.05) is 19.0 Å². The zero-order valence-corrected chi connectivity index (χ0v) is 10.6. The molecule has 90 valence electrons. The molecule has 0 saturated carbocycles. The zero-order chi connectivity index (χ0) is 11.8. The van der Waals surface area contributed by atoms with Gasteiger partial charge in [-0.25, -0.2) is 4.98 Å². The van der Waals surface area contributed by atoms with Gasteiger partial charge in [-0.15, -0.1) is 11.3 Å². The lowest BCUT2D eigenvalue weighted by Gasteiger charge is -2.01. The number of rotatable bonds is 7. The molecule has 1 amide bonds. The van der Waals surface area contributed by atoms with Crippen LogP contribution in [0.1, 0.15) is 30.5 Å². The summed E-state index contributed by atoms with van der Waals surface area (Å²) in [5.41, 5.74) is 0.825. The van der Waals surface area contributed by atoms with Gasteiger partial charge in [0.15, 0.2) is 0 Å². The van der Waals surface area contributed by atoms with E-state index in [-0.39, 0.29) is 5.91 Å². The zero-order valence-electron chi connectivity index (χ0n) is 9.78. The number of carbonyl (C=O) groups is 1. The van der Waals surface area contributed by atoms with Crippen LogP contribution in [-0.2, 0) is 22.6 Å². The highest BCUT2D eigenvalue weighted by atomic mass is 32.1. The number of ether oxygens (including phenoxy) is 1. The molecule has 16 heavy (non-hydrogen) atoms. The summed E-state index contributed by atoms with van der Waals surface area (Å²) in [7, 11) is 1.64. The average Bonchev–Trinajstić information content (AvgIpc) is 2.66. The van der Waals surface area contributed by atoms with Gasteiger partial charge in [-0.3, -0.25) is 4.79 Å². The Morgan fingerprint density at radius 3 is 3.12 bits per heavy atom. The SMILES string of the molecule is CCCCNC(=O)Cc1csc(COC)n1. The highest BCUT2D eigenvalue weighted by molar-refractivity contribution is 7.09. The quantitative estimate of drug-likeness (QED) is 0.741. The van der Waals surface area contributed by atoms with E-state index in [4.69, 9.17) is 4.74 Å². The van der Waals surface area contributed by atoms with E-state index in [1.54, 1.807) is 7.11 Å². The van der Waals surface area contributed by atoms with Crippen LogP contribution in [0.4, 0.5) is 0 Å². The predicted molar refractivity (Wildman–Crippen MR) is 64.4 cm³/mol. The summed E-state index contributed by atoms with van der Waals surface area (Å²) < 4.78 is 4.97. The smallest absolute Gasteiger partial charge is 0.226 e. The Kier molecular flexibility index (Phi) is 6.03. The topological polar surface area (TPSA) is 51.2 Å². The molecule has 1 aromatic heterocycles. The van der Waals surface area contributed by atoms with Crippen LogP contribution in [0.3, 0.4) is 0 Å². The Bertz CT molecular complexity index is 326. The minimum atomic E-state index is 0.0442. The van der Waals surface area contributed by atoms with Gasteiger partial charge in [0.1, 0.15) is 5.01 Å². The van der Waals surface area contributed by atoms with E-state index >= 15 is 0 Å². The third-order valence-corrected chi connectivity index (χ3v) is 2.93. The Labute approximate surface area is 100 Å². The van der Waals surface area contributed by atoms with E-state index in [9.17, 15) is 4.79 Å². The normalized spacial score (nSPS) is 10.4. The first-order valence-corrected chi connectivity index (χ1v) is 6.33. The van der Waals surface area contributed by atoms with Crippen LogP contribution in [0.5, 0.6) is 0 Å². The molecule has 1 N–H and O–H groups in total. The van der Waals surface area contributed by atoms with E-state index in [0.717, 1.165) is 30.1 Å². The summed E-state index contributed by atoms with van der Waals surface area (Å²) >= 11 is 1.53. The number of hydrogen-bond donors (Lipinski definition) is 1. The van der Waals surface area contributed by atoms with Gasteiger partial charge in [-0.05, 0) is 6.42 Å². The number of unbranched alkanes of at least 4 members (excludes halogenated alkanes) is 1. The van der Waals surface area contributed by atoms with Crippen molar-refractivity contribution in [3.8, 4) is 0 Å². The number of nitrogens with one attached hydrogen (secondary N) is 1. The fourth-order valence-corrected chi connectivity index (χ4v) is 2.02. The molecule has 5 heteroatoms. The third kappa shape index (κ3) is 4.72. The molecule has 0 unspecified atom stereocenters. The molecule has 0 radical (unpaired) electrons. The van der Waals surface area contributed by atoms with Crippen molar-refractivity contribution >= 4 is 17.2 Å². The molecule has 0 saturated heterocycles. The van der Waals surface area contributed by atoms with Crippen molar-refractivity contribution in [1.29, 1.82) is 0 Å². The van der Waals surface area contributed by atoms with Crippen LogP contribution in [0.15, 0.2) is 5.38 Å². The van der Waals surface area contributed by atoms with E-state index < -0.39 is 0 Å². The number of carbonyl (C=O) groups excluding carboxylic acids is 1. The van der Waals surface area contributed by atoms with Gasteiger partial charge in [0.05, 0.1) is 18.7 Å². The van der Waals surface area contributed by atoms with Crippen LogP contribution in [-0.4, -0.2) is 24.5 Å². The third-order valence-electron chi connectivity index (χ3n) is 2.06. The fraction of sp³-hybridized carbons (Fsp3) is 0.636. The van der Waals surface area contributed by atoms with Crippen LogP contribution in [0, 0.1) is 0 Å². The molecule has 0 fully saturated rings. The second-order valence-electron chi connectivity index (χ2n) is 3.55. The second-order valence-corrected chi connectivity index (χ2v) is 4.49. The van der Waals surface area contributed by atoms with Crippen LogP contribution in [0.2, 0.25) is 0 Å². The lowest BCUT2D eigenvalue weighted by Crippen LogP contribution is -2.26. The summed E-state index contributed by atoms with van der Waals surface area (Å²) in [6.07, 6.45) is 2.48. The van der Waals surface area contributed by atoms with Crippen molar-refractivity contribution in [3.63, 3.8) is 0 Å². The molecule has 1 rings (SSSR count). The van der Waals surface area contributed by atoms with Gasteiger partial charge < -0.3 is 10.1 Å². The Hall–Kier alpha value is -0.940. The van der Waals surface area contributed by atoms with E-state index in [0.29, 0.717) is 13.0 Å². The Balaban J connectivity index is 2.31. The number of methoxy groups -OCH3 is 1. The van der Waals surface area contributed by atoms with Crippen molar-refractivity contribution in [2.24, 2.45) is 0 Å². The van der Waals surface area contributed by atoms with Crippen LogP contribution in [0.25, 0.3) is 0 Å². The molecule has 4 nitrogen and oxygen atoms in total. The number of amides is 1. The summed E-state index contributed by atoms with van der Waals surface area (Å²) in [4.78, 5) is 15.8. The first-order valence-electron chi connectivity index (χ1n) is 5.45. The largest absolute Gasteiger partial charge is 0.378 e. The minimum absolute atomic E-state index is 0.0442. The van der Waals surface area contributed by atoms with E-state index in [1.165, 1.54) is 11.3 Å². The van der Waals surface area contributed by atoms with Gasteiger partial charge in [-0.2, -0.15) is 0 Å².